The minimum atomic E-state index is -0.605. The van der Waals surface area contributed by atoms with E-state index < -0.39 is 17.7 Å². The second-order valence-corrected chi connectivity index (χ2v) is 11.0. The van der Waals surface area contributed by atoms with Gasteiger partial charge < -0.3 is 19.9 Å². The molecule has 0 saturated carbocycles. The number of nitrogens with zero attached hydrogens (tertiary/aromatic N) is 4. The summed E-state index contributed by atoms with van der Waals surface area (Å²) < 4.78 is 5.34. The number of thiophene rings is 1. The maximum absolute atomic E-state index is 13.1. The van der Waals surface area contributed by atoms with Crippen molar-refractivity contribution in [1.29, 1.82) is 0 Å². The maximum Gasteiger partial charge on any atom is 0.408 e. The van der Waals surface area contributed by atoms with Crippen LogP contribution in [0.5, 0.6) is 0 Å². The Balaban J connectivity index is 1.57. The van der Waals surface area contributed by atoms with Crippen LogP contribution in [0.25, 0.3) is 9.88 Å². The van der Waals surface area contributed by atoms with E-state index in [1.54, 1.807) is 34.4 Å². The molecule has 2 amide bonds. The van der Waals surface area contributed by atoms with Gasteiger partial charge in [-0.1, -0.05) is 17.4 Å². The largest absolute Gasteiger partial charge is 0.444 e. The van der Waals surface area contributed by atoms with E-state index in [1.807, 2.05) is 49.4 Å². The summed E-state index contributed by atoms with van der Waals surface area (Å²) in [7, 11) is 0. The smallest absolute Gasteiger partial charge is 0.408 e. The van der Waals surface area contributed by atoms with Gasteiger partial charge in [-0.3, -0.25) is 4.79 Å². The van der Waals surface area contributed by atoms with Crippen molar-refractivity contribution in [2.24, 2.45) is 0 Å². The zero-order chi connectivity index (χ0) is 22.4. The molecule has 170 valence electrons. The Hall–Kier alpha value is -1.85. The van der Waals surface area contributed by atoms with Crippen LogP contribution in [-0.4, -0.2) is 76.9 Å². The van der Waals surface area contributed by atoms with Crippen LogP contribution >= 0.6 is 34.4 Å². The summed E-state index contributed by atoms with van der Waals surface area (Å²) in [5.74, 6) is 0.721. The highest BCUT2D eigenvalue weighted by Gasteiger charge is 2.30. The average Bonchev–Trinajstić information content (AvgIpc) is 3.41. The number of anilines is 1. The fraction of sp³-hybridized carbons (Fsp3) is 0.600. The lowest BCUT2D eigenvalue weighted by Crippen LogP contribution is -2.55. The molecule has 0 radical (unpaired) electrons. The number of hydrogen-bond donors (Lipinski definition) is 1. The van der Waals surface area contributed by atoms with E-state index in [-0.39, 0.29) is 5.91 Å². The highest BCUT2D eigenvalue weighted by atomic mass is 32.2. The molecule has 1 fully saturated rings. The zero-order valence-corrected chi connectivity index (χ0v) is 20.7. The number of hydrogen-bond acceptors (Lipinski definition) is 9. The third kappa shape index (κ3) is 6.81. The van der Waals surface area contributed by atoms with E-state index in [0.717, 1.165) is 20.8 Å². The van der Waals surface area contributed by atoms with Gasteiger partial charge in [0, 0.05) is 26.2 Å². The predicted octanol–water partition coefficient (Wildman–Crippen LogP) is 3.56. The Bertz CT molecular complexity index is 858. The Kier molecular flexibility index (Phi) is 8.17. The molecule has 1 N–H and O–H groups in total. The number of thioether (sulfide) groups is 1. The summed E-state index contributed by atoms with van der Waals surface area (Å²) in [6.45, 7) is 7.96. The Morgan fingerprint density at radius 3 is 2.61 bits per heavy atom. The molecule has 2 aromatic heterocycles. The molecule has 0 bridgehead atoms. The molecular weight excluding hydrogens is 454 g/mol. The molecule has 3 heterocycles. The summed E-state index contributed by atoms with van der Waals surface area (Å²) in [6.07, 6.45) is 2.00. The maximum atomic E-state index is 13.1. The summed E-state index contributed by atoms with van der Waals surface area (Å²) in [4.78, 5) is 30.4. The van der Waals surface area contributed by atoms with Crippen molar-refractivity contribution >= 4 is 51.6 Å². The highest BCUT2D eigenvalue weighted by molar-refractivity contribution is 7.98. The first-order chi connectivity index (χ1) is 14.8. The fourth-order valence-corrected chi connectivity index (χ4v) is 5.28. The molecule has 1 unspecified atom stereocenters. The quantitative estimate of drug-likeness (QED) is 0.644. The zero-order valence-electron chi connectivity index (χ0n) is 18.3. The van der Waals surface area contributed by atoms with Gasteiger partial charge in [0.05, 0.1) is 4.88 Å². The first-order valence-electron chi connectivity index (χ1n) is 10.2. The van der Waals surface area contributed by atoms with E-state index in [1.165, 1.54) is 0 Å². The van der Waals surface area contributed by atoms with E-state index in [2.05, 4.69) is 20.4 Å². The van der Waals surface area contributed by atoms with Gasteiger partial charge in [0.25, 0.3) is 0 Å². The second kappa shape index (κ2) is 10.6. The number of nitrogens with one attached hydrogen (secondary N) is 1. The van der Waals surface area contributed by atoms with Crippen molar-refractivity contribution in [3.8, 4) is 9.88 Å². The minimum absolute atomic E-state index is 0.0592. The fourth-order valence-electron chi connectivity index (χ4n) is 3.12. The van der Waals surface area contributed by atoms with Crippen molar-refractivity contribution in [2.75, 3.05) is 43.1 Å². The third-order valence-electron chi connectivity index (χ3n) is 4.61. The van der Waals surface area contributed by atoms with Gasteiger partial charge in [-0.15, -0.1) is 21.5 Å². The second-order valence-electron chi connectivity index (χ2n) is 8.16. The van der Waals surface area contributed by atoms with E-state index in [9.17, 15) is 9.59 Å². The molecule has 0 spiro atoms. The van der Waals surface area contributed by atoms with E-state index in [4.69, 9.17) is 4.74 Å². The van der Waals surface area contributed by atoms with Crippen molar-refractivity contribution in [3.05, 3.63) is 17.5 Å². The first-order valence-corrected chi connectivity index (χ1v) is 13.3. The molecule has 11 heteroatoms. The van der Waals surface area contributed by atoms with Crippen LogP contribution < -0.4 is 10.2 Å². The lowest BCUT2D eigenvalue weighted by Gasteiger charge is -2.36. The Morgan fingerprint density at radius 1 is 1.26 bits per heavy atom. The third-order valence-corrected chi connectivity index (χ3v) is 7.27. The molecule has 1 atom stereocenters. The summed E-state index contributed by atoms with van der Waals surface area (Å²) >= 11 is 4.87. The number of ether oxygens (including phenoxy) is 1. The van der Waals surface area contributed by atoms with Crippen LogP contribution in [0.3, 0.4) is 0 Å². The average molecular weight is 484 g/mol. The number of amides is 2. The van der Waals surface area contributed by atoms with Gasteiger partial charge in [-0.2, -0.15) is 11.8 Å². The molecule has 8 nitrogen and oxygen atoms in total. The van der Waals surface area contributed by atoms with Gasteiger partial charge in [0.2, 0.25) is 11.0 Å². The van der Waals surface area contributed by atoms with Gasteiger partial charge in [-0.25, -0.2) is 4.79 Å². The Morgan fingerprint density at radius 2 is 2.00 bits per heavy atom. The Labute approximate surface area is 195 Å². The monoisotopic (exact) mass is 483 g/mol. The number of piperazine rings is 1. The lowest BCUT2D eigenvalue weighted by atomic mass is 10.1. The number of rotatable bonds is 7. The molecule has 1 aliphatic heterocycles. The molecule has 0 aliphatic carbocycles. The first kappa shape index (κ1) is 23.8. The summed E-state index contributed by atoms with van der Waals surface area (Å²) in [6, 6.07) is 3.46. The van der Waals surface area contributed by atoms with Crippen molar-refractivity contribution in [1.82, 2.24) is 20.4 Å². The number of carbonyl (C=O) groups excluding carboxylic acids is 2. The molecule has 1 aliphatic rings. The van der Waals surface area contributed by atoms with Crippen molar-refractivity contribution < 1.29 is 14.3 Å². The number of alkyl carbamates (subject to hydrolysis) is 1. The van der Waals surface area contributed by atoms with Crippen molar-refractivity contribution in [2.45, 2.75) is 38.8 Å². The van der Waals surface area contributed by atoms with Gasteiger partial charge in [0.1, 0.15) is 11.6 Å². The standard InChI is InChI=1S/C20H29N5O3S3/c1-20(2,3)28-19(27)21-14(7-13-29-4)17(26)24-8-10-25(11-9-24)18-23-22-16(31-18)15-6-5-12-30-15/h5-6,12,14H,7-11,13H2,1-4H3,(H,21,27). The topological polar surface area (TPSA) is 87.7 Å². The van der Waals surface area contributed by atoms with Crippen LogP contribution in [0.2, 0.25) is 0 Å². The SMILES string of the molecule is CSCCC(NC(=O)OC(C)(C)C)C(=O)N1CCN(c2nnc(-c3cccs3)s2)CC1. The molecule has 3 rings (SSSR count). The molecule has 31 heavy (non-hydrogen) atoms. The number of carbonyl (C=O) groups is 2. The highest BCUT2D eigenvalue weighted by Crippen LogP contribution is 2.31. The molecule has 1 saturated heterocycles. The van der Waals surface area contributed by atoms with Crippen LogP contribution in [0.15, 0.2) is 17.5 Å². The van der Waals surface area contributed by atoms with Gasteiger partial charge in [0.15, 0.2) is 5.01 Å². The van der Waals surface area contributed by atoms with Gasteiger partial charge >= 0.3 is 6.09 Å². The summed E-state index contributed by atoms with van der Waals surface area (Å²) in [5.41, 5.74) is -0.605. The van der Waals surface area contributed by atoms with Gasteiger partial charge in [-0.05, 0) is 50.6 Å². The van der Waals surface area contributed by atoms with Crippen molar-refractivity contribution in [3.63, 3.8) is 0 Å². The molecular formula is C20H29N5O3S3. The summed E-state index contributed by atoms with van der Waals surface area (Å²) in [5, 5.41) is 15.2. The predicted molar refractivity (Wildman–Crippen MR) is 128 cm³/mol. The molecule has 2 aromatic rings. The van der Waals surface area contributed by atoms with Crippen LogP contribution in [0.4, 0.5) is 9.93 Å². The van der Waals surface area contributed by atoms with Crippen LogP contribution in [-0.2, 0) is 9.53 Å². The minimum Gasteiger partial charge on any atom is -0.444 e. The lowest BCUT2D eigenvalue weighted by molar-refractivity contribution is -0.133. The van der Waals surface area contributed by atoms with E-state index in [0.29, 0.717) is 32.6 Å². The van der Waals surface area contributed by atoms with Crippen LogP contribution in [0.1, 0.15) is 27.2 Å². The normalized spacial score (nSPS) is 15.6. The van der Waals surface area contributed by atoms with Crippen LogP contribution in [0, 0.1) is 0 Å². The molecule has 0 aromatic carbocycles. The number of aromatic nitrogens is 2. The van der Waals surface area contributed by atoms with E-state index >= 15 is 0 Å².